The van der Waals surface area contributed by atoms with E-state index in [2.05, 4.69) is 30.3 Å². The van der Waals surface area contributed by atoms with Gasteiger partial charge in [-0.1, -0.05) is 35.3 Å². The second-order valence-corrected chi connectivity index (χ2v) is 11.2. The average Bonchev–Trinajstić information content (AvgIpc) is 2.94. The lowest BCUT2D eigenvalue weighted by Gasteiger charge is -2.23. The number of halogens is 3. The number of benzene rings is 2. The van der Waals surface area contributed by atoms with E-state index in [1.165, 1.54) is 36.5 Å². The molecule has 4 aromatic rings. The summed E-state index contributed by atoms with van der Waals surface area (Å²) in [5.74, 6) is -0.967. The van der Waals surface area contributed by atoms with E-state index >= 15 is 4.39 Å². The van der Waals surface area contributed by atoms with Crippen molar-refractivity contribution in [3.63, 3.8) is 0 Å². The first-order chi connectivity index (χ1) is 18.8. The second-order valence-electron chi connectivity index (χ2n) is 8.69. The Hall–Kier alpha value is -3.51. The molecule has 1 atom stereocenters. The topological polar surface area (TPSA) is 118 Å². The SMILES string of the molecule is O=S(=O)(Nc1ccc(Cl)c(Oc2ncccc2-c2ccnc(NC3CCCNC3)n2)c1F)c1ccccc1Cl. The fraction of sp³-hybridized carbons (Fsp3) is 0.192. The monoisotopic (exact) mass is 588 g/mol. The summed E-state index contributed by atoms with van der Waals surface area (Å²) >= 11 is 12.3. The van der Waals surface area contributed by atoms with Crippen LogP contribution in [-0.4, -0.2) is 42.5 Å². The van der Waals surface area contributed by atoms with Crippen molar-refractivity contribution in [3.05, 3.63) is 82.9 Å². The van der Waals surface area contributed by atoms with E-state index < -0.39 is 21.6 Å². The molecule has 9 nitrogen and oxygen atoms in total. The normalized spacial score (nSPS) is 15.5. The highest BCUT2D eigenvalue weighted by atomic mass is 35.5. The maximum atomic E-state index is 15.6. The summed E-state index contributed by atoms with van der Waals surface area (Å²) in [5, 5.41) is 6.57. The number of anilines is 2. The number of sulfonamides is 1. The number of hydrogen-bond acceptors (Lipinski definition) is 8. The summed E-state index contributed by atoms with van der Waals surface area (Å²) in [6.45, 7) is 1.79. The standard InChI is InChI=1S/C26H23Cl2FN6O3S/c27-18-7-1-2-8-22(18)39(36,37)35-21-10-9-19(28)24(23(21)29)38-25-17(6-4-13-31-25)20-11-14-32-26(34-20)33-16-5-3-12-30-15-16/h1-2,4,6-11,13-14,16,30,35H,3,5,12,15H2,(H,32,33,34). The highest BCUT2D eigenvalue weighted by Crippen LogP contribution is 2.39. The molecule has 2 aromatic carbocycles. The minimum absolute atomic E-state index is 0.00701. The lowest BCUT2D eigenvalue weighted by Crippen LogP contribution is -2.38. The molecule has 0 radical (unpaired) electrons. The zero-order valence-corrected chi connectivity index (χ0v) is 22.7. The number of aromatic nitrogens is 3. The minimum atomic E-state index is -4.20. The Bertz CT molecular complexity index is 1600. The molecule has 0 spiro atoms. The maximum Gasteiger partial charge on any atom is 0.263 e. The zero-order valence-electron chi connectivity index (χ0n) is 20.4. The van der Waals surface area contributed by atoms with Gasteiger partial charge in [0.05, 0.1) is 27.0 Å². The van der Waals surface area contributed by atoms with E-state index in [1.54, 1.807) is 30.5 Å². The smallest absolute Gasteiger partial charge is 0.263 e. The Balaban J connectivity index is 1.43. The third-order valence-corrected chi connectivity index (χ3v) is 8.11. The largest absolute Gasteiger partial charge is 0.434 e. The highest BCUT2D eigenvalue weighted by molar-refractivity contribution is 7.92. The number of ether oxygens (including phenoxy) is 1. The van der Waals surface area contributed by atoms with E-state index in [0.29, 0.717) is 17.2 Å². The Morgan fingerprint density at radius 2 is 1.85 bits per heavy atom. The van der Waals surface area contributed by atoms with Crippen molar-refractivity contribution in [1.29, 1.82) is 0 Å². The molecule has 2 aromatic heterocycles. The molecule has 13 heteroatoms. The summed E-state index contributed by atoms with van der Waals surface area (Å²) in [4.78, 5) is 12.9. The first-order valence-corrected chi connectivity index (χ1v) is 14.2. The van der Waals surface area contributed by atoms with Gasteiger partial charge in [0.15, 0.2) is 11.6 Å². The van der Waals surface area contributed by atoms with Gasteiger partial charge in [0, 0.05) is 25.0 Å². The molecule has 1 saturated heterocycles. The van der Waals surface area contributed by atoms with Crippen LogP contribution in [0.1, 0.15) is 12.8 Å². The summed E-state index contributed by atoms with van der Waals surface area (Å²) in [7, 11) is -4.20. The summed E-state index contributed by atoms with van der Waals surface area (Å²) in [6.07, 6.45) is 5.13. The van der Waals surface area contributed by atoms with Crippen LogP contribution < -0.4 is 20.1 Å². The number of pyridine rings is 1. The molecule has 0 aliphatic carbocycles. The average molecular weight is 589 g/mol. The summed E-state index contributed by atoms with van der Waals surface area (Å²) in [6, 6.07) is 13.6. The molecule has 1 aliphatic rings. The molecular formula is C26H23Cl2FN6O3S. The fourth-order valence-electron chi connectivity index (χ4n) is 4.07. The summed E-state index contributed by atoms with van der Waals surface area (Å²) in [5.41, 5.74) is 0.579. The quantitative estimate of drug-likeness (QED) is 0.238. The Labute approximate surface area is 234 Å². The van der Waals surface area contributed by atoms with Gasteiger partial charge >= 0.3 is 0 Å². The second kappa shape index (κ2) is 11.7. The highest BCUT2D eigenvalue weighted by Gasteiger charge is 2.24. The molecule has 202 valence electrons. The number of rotatable bonds is 8. The van der Waals surface area contributed by atoms with Crippen molar-refractivity contribution >= 4 is 44.9 Å². The molecule has 0 amide bonds. The van der Waals surface area contributed by atoms with Gasteiger partial charge in [-0.05, 0) is 61.9 Å². The third kappa shape index (κ3) is 6.22. The van der Waals surface area contributed by atoms with Crippen LogP contribution in [0.15, 0.2) is 71.9 Å². The predicted octanol–water partition coefficient (Wildman–Crippen LogP) is 5.74. The Kier molecular flexibility index (Phi) is 8.12. The molecule has 0 bridgehead atoms. The van der Waals surface area contributed by atoms with Gasteiger partial charge < -0.3 is 15.4 Å². The van der Waals surface area contributed by atoms with Crippen LogP contribution >= 0.6 is 23.2 Å². The van der Waals surface area contributed by atoms with Crippen LogP contribution in [0.2, 0.25) is 10.0 Å². The molecule has 1 fully saturated rings. The van der Waals surface area contributed by atoms with Gasteiger partial charge in [0.1, 0.15) is 4.90 Å². The van der Waals surface area contributed by atoms with Crippen LogP contribution in [0, 0.1) is 5.82 Å². The summed E-state index contributed by atoms with van der Waals surface area (Å²) < 4.78 is 49.4. The molecule has 39 heavy (non-hydrogen) atoms. The fourth-order valence-corrected chi connectivity index (χ4v) is 5.83. The van der Waals surface area contributed by atoms with Crippen molar-refractivity contribution in [3.8, 4) is 22.9 Å². The lowest BCUT2D eigenvalue weighted by atomic mass is 10.1. The maximum absolute atomic E-state index is 15.6. The van der Waals surface area contributed by atoms with Crippen molar-refractivity contribution in [2.24, 2.45) is 0 Å². The molecule has 5 rings (SSSR count). The molecule has 3 N–H and O–H groups in total. The van der Waals surface area contributed by atoms with Gasteiger partial charge in [-0.15, -0.1) is 0 Å². The molecular weight excluding hydrogens is 566 g/mol. The Morgan fingerprint density at radius 1 is 1.00 bits per heavy atom. The molecule has 1 unspecified atom stereocenters. The van der Waals surface area contributed by atoms with Gasteiger partial charge in [-0.2, -0.15) is 0 Å². The molecule has 0 saturated carbocycles. The van der Waals surface area contributed by atoms with Crippen molar-refractivity contribution in [1.82, 2.24) is 20.3 Å². The minimum Gasteiger partial charge on any atom is -0.434 e. The van der Waals surface area contributed by atoms with Crippen LogP contribution in [-0.2, 0) is 10.0 Å². The van der Waals surface area contributed by atoms with Gasteiger partial charge in [-0.3, -0.25) is 4.72 Å². The predicted molar refractivity (Wildman–Crippen MR) is 149 cm³/mol. The first-order valence-electron chi connectivity index (χ1n) is 12.0. The van der Waals surface area contributed by atoms with Crippen LogP contribution in [0.5, 0.6) is 11.6 Å². The number of nitrogens with zero attached hydrogens (tertiary/aromatic N) is 3. The van der Waals surface area contributed by atoms with Crippen molar-refractivity contribution in [2.45, 2.75) is 23.8 Å². The van der Waals surface area contributed by atoms with E-state index in [-0.39, 0.29) is 32.5 Å². The van der Waals surface area contributed by atoms with Crippen molar-refractivity contribution in [2.75, 3.05) is 23.1 Å². The first kappa shape index (κ1) is 27.1. The zero-order chi connectivity index (χ0) is 27.4. The third-order valence-electron chi connectivity index (χ3n) is 5.95. The van der Waals surface area contributed by atoms with Crippen LogP contribution in [0.3, 0.4) is 0 Å². The van der Waals surface area contributed by atoms with Gasteiger partial charge in [0.2, 0.25) is 11.8 Å². The van der Waals surface area contributed by atoms with E-state index in [4.69, 9.17) is 27.9 Å². The van der Waals surface area contributed by atoms with Crippen molar-refractivity contribution < 1.29 is 17.5 Å². The molecule has 3 heterocycles. The van der Waals surface area contributed by atoms with E-state index in [1.807, 2.05) is 0 Å². The lowest BCUT2D eigenvalue weighted by molar-refractivity contribution is 0.430. The molecule has 1 aliphatic heterocycles. The number of piperidine rings is 1. The van der Waals surface area contributed by atoms with E-state index in [9.17, 15) is 8.42 Å². The van der Waals surface area contributed by atoms with Crippen LogP contribution in [0.25, 0.3) is 11.3 Å². The van der Waals surface area contributed by atoms with Crippen LogP contribution in [0.4, 0.5) is 16.0 Å². The van der Waals surface area contributed by atoms with Gasteiger partial charge in [0.25, 0.3) is 10.0 Å². The van der Waals surface area contributed by atoms with E-state index in [0.717, 1.165) is 25.9 Å². The van der Waals surface area contributed by atoms with Gasteiger partial charge in [-0.25, -0.2) is 27.8 Å². The Morgan fingerprint density at radius 3 is 2.64 bits per heavy atom. The number of nitrogens with one attached hydrogen (secondary N) is 3. The number of hydrogen-bond donors (Lipinski definition) is 3.